The summed E-state index contributed by atoms with van der Waals surface area (Å²) in [5.74, 6) is 2.04. The van der Waals surface area contributed by atoms with E-state index in [9.17, 15) is 0 Å². The minimum absolute atomic E-state index is 0.109. The van der Waals surface area contributed by atoms with Gasteiger partial charge in [-0.1, -0.05) is 60.4 Å². The van der Waals surface area contributed by atoms with Crippen LogP contribution in [0.25, 0.3) is 0 Å². The highest BCUT2D eigenvalue weighted by Gasteiger charge is 2.46. The standard InChI is InChI=1S/C33H52O4/c1-23(2)9-7-11-27-13-15-29(25(5)17-27)31-34-19-33(20-35-31)21-36-32(37-22-33)30-16-14-28(18-26(30)6)12-8-10-24(3)4/h9-10,13-14,25-26,29-32H,7-8,11-12,15-22H2,1-6H3. The van der Waals surface area contributed by atoms with Gasteiger partial charge in [0, 0.05) is 11.8 Å². The van der Waals surface area contributed by atoms with Crippen LogP contribution in [0.5, 0.6) is 0 Å². The lowest BCUT2D eigenvalue weighted by Crippen LogP contribution is -2.55. The van der Waals surface area contributed by atoms with Gasteiger partial charge in [-0.05, 0) is 90.9 Å². The van der Waals surface area contributed by atoms with Gasteiger partial charge in [0.2, 0.25) is 0 Å². The Labute approximate surface area is 226 Å². The second-order valence-corrected chi connectivity index (χ2v) is 13.0. The molecule has 2 aliphatic heterocycles. The molecular weight excluding hydrogens is 460 g/mol. The largest absolute Gasteiger partial charge is 0.351 e. The molecule has 37 heavy (non-hydrogen) atoms. The Morgan fingerprint density at radius 1 is 0.703 bits per heavy atom. The molecule has 2 heterocycles. The third-order valence-electron chi connectivity index (χ3n) is 8.94. The summed E-state index contributed by atoms with van der Waals surface area (Å²) in [6.07, 6.45) is 18.5. The molecule has 4 aliphatic rings. The molecule has 0 aromatic heterocycles. The van der Waals surface area contributed by atoms with Crippen LogP contribution in [0.4, 0.5) is 0 Å². The topological polar surface area (TPSA) is 36.9 Å². The average molecular weight is 513 g/mol. The summed E-state index contributed by atoms with van der Waals surface area (Å²) >= 11 is 0. The summed E-state index contributed by atoms with van der Waals surface area (Å²) in [5.41, 5.74) is 5.85. The van der Waals surface area contributed by atoms with E-state index >= 15 is 0 Å². The van der Waals surface area contributed by atoms with Gasteiger partial charge in [-0.25, -0.2) is 0 Å². The zero-order valence-electron chi connectivity index (χ0n) is 24.4. The fourth-order valence-electron chi connectivity index (χ4n) is 6.50. The molecule has 0 N–H and O–H groups in total. The highest BCUT2D eigenvalue weighted by Crippen LogP contribution is 2.41. The molecule has 0 bridgehead atoms. The fourth-order valence-corrected chi connectivity index (χ4v) is 6.50. The maximum atomic E-state index is 6.36. The maximum Gasteiger partial charge on any atom is 0.160 e. The van der Waals surface area contributed by atoms with E-state index in [1.807, 2.05) is 0 Å². The van der Waals surface area contributed by atoms with Gasteiger partial charge in [0.05, 0.1) is 31.8 Å². The third kappa shape index (κ3) is 7.91. The molecule has 4 unspecified atom stereocenters. The molecule has 4 heteroatoms. The van der Waals surface area contributed by atoms with Crippen molar-refractivity contribution in [2.24, 2.45) is 29.1 Å². The first-order chi connectivity index (χ1) is 17.7. The van der Waals surface area contributed by atoms with Gasteiger partial charge in [0.1, 0.15) is 0 Å². The Balaban J connectivity index is 1.21. The average Bonchev–Trinajstić information content (AvgIpc) is 2.85. The SMILES string of the molecule is CC(C)=CCCC1=CCC(C2OCC3(CO2)COC(C2CC=C(CCC=C(C)C)CC2C)OC3)C(C)C1. The van der Waals surface area contributed by atoms with E-state index < -0.39 is 0 Å². The summed E-state index contributed by atoms with van der Waals surface area (Å²) in [7, 11) is 0. The van der Waals surface area contributed by atoms with Crippen molar-refractivity contribution in [3.05, 3.63) is 46.6 Å². The van der Waals surface area contributed by atoms with Crippen LogP contribution in [-0.2, 0) is 18.9 Å². The van der Waals surface area contributed by atoms with E-state index in [2.05, 4.69) is 65.8 Å². The van der Waals surface area contributed by atoms with E-state index in [4.69, 9.17) is 18.9 Å². The minimum Gasteiger partial charge on any atom is -0.351 e. The Hall–Kier alpha value is -1.20. The van der Waals surface area contributed by atoms with Gasteiger partial charge in [-0.2, -0.15) is 0 Å². The molecule has 4 nitrogen and oxygen atoms in total. The van der Waals surface area contributed by atoms with Crippen molar-refractivity contribution in [1.82, 2.24) is 0 Å². The van der Waals surface area contributed by atoms with Crippen LogP contribution < -0.4 is 0 Å². The van der Waals surface area contributed by atoms with Gasteiger partial charge in [0.25, 0.3) is 0 Å². The van der Waals surface area contributed by atoms with Gasteiger partial charge in [-0.3, -0.25) is 0 Å². The monoisotopic (exact) mass is 512 g/mol. The number of hydrogen-bond donors (Lipinski definition) is 0. The Morgan fingerprint density at radius 3 is 1.41 bits per heavy atom. The fraction of sp³-hybridized carbons (Fsp3) is 0.758. The minimum atomic E-state index is -0.167. The van der Waals surface area contributed by atoms with Crippen LogP contribution >= 0.6 is 0 Å². The van der Waals surface area contributed by atoms with Crippen molar-refractivity contribution < 1.29 is 18.9 Å². The summed E-state index contributed by atoms with van der Waals surface area (Å²) in [6, 6.07) is 0. The van der Waals surface area contributed by atoms with Crippen molar-refractivity contribution >= 4 is 0 Å². The van der Waals surface area contributed by atoms with E-state index in [-0.39, 0.29) is 18.0 Å². The molecule has 2 fully saturated rings. The maximum absolute atomic E-state index is 6.36. The van der Waals surface area contributed by atoms with Crippen LogP contribution in [0.15, 0.2) is 46.6 Å². The summed E-state index contributed by atoms with van der Waals surface area (Å²) in [6.45, 7) is 16.1. The van der Waals surface area contributed by atoms with Gasteiger partial charge < -0.3 is 18.9 Å². The van der Waals surface area contributed by atoms with Crippen molar-refractivity contribution in [2.75, 3.05) is 26.4 Å². The van der Waals surface area contributed by atoms with Crippen molar-refractivity contribution in [3.63, 3.8) is 0 Å². The first-order valence-corrected chi connectivity index (χ1v) is 14.8. The zero-order valence-corrected chi connectivity index (χ0v) is 24.4. The Bertz CT molecular complexity index is 781. The third-order valence-corrected chi connectivity index (χ3v) is 8.94. The van der Waals surface area contributed by atoms with E-state index in [0.717, 1.165) is 38.5 Å². The van der Waals surface area contributed by atoms with Crippen LogP contribution in [0.2, 0.25) is 0 Å². The molecule has 4 rings (SSSR count). The molecule has 0 radical (unpaired) electrons. The van der Waals surface area contributed by atoms with Crippen LogP contribution in [0.3, 0.4) is 0 Å². The zero-order chi connectivity index (χ0) is 26.4. The normalized spacial score (nSPS) is 36.5. The molecule has 2 saturated heterocycles. The lowest BCUT2D eigenvalue weighted by Gasteiger charge is -2.48. The molecule has 0 aromatic carbocycles. The second-order valence-electron chi connectivity index (χ2n) is 13.0. The van der Waals surface area contributed by atoms with E-state index in [0.29, 0.717) is 50.1 Å². The Kier molecular flexibility index (Phi) is 10.3. The van der Waals surface area contributed by atoms with Gasteiger partial charge >= 0.3 is 0 Å². The van der Waals surface area contributed by atoms with Crippen LogP contribution in [-0.4, -0.2) is 39.0 Å². The number of hydrogen-bond acceptors (Lipinski definition) is 4. The van der Waals surface area contributed by atoms with Crippen LogP contribution in [0.1, 0.15) is 92.9 Å². The summed E-state index contributed by atoms with van der Waals surface area (Å²) in [4.78, 5) is 0. The first kappa shape index (κ1) is 28.8. The predicted molar refractivity (Wildman–Crippen MR) is 151 cm³/mol. The lowest BCUT2D eigenvalue weighted by atomic mass is 9.78. The predicted octanol–water partition coefficient (Wildman–Crippen LogP) is 8.16. The lowest BCUT2D eigenvalue weighted by molar-refractivity contribution is -0.323. The van der Waals surface area contributed by atoms with Crippen molar-refractivity contribution in [1.29, 1.82) is 0 Å². The summed E-state index contributed by atoms with van der Waals surface area (Å²) in [5, 5.41) is 0. The molecule has 0 saturated carbocycles. The Morgan fingerprint density at radius 2 is 1.08 bits per heavy atom. The smallest absolute Gasteiger partial charge is 0.160 e. The van der Waals surface area contributed by atoms with E-state index in [1.165, 1.54) is 24.0 Å². The second kappa shape index (κ2) is 13.2. The van der Waals surface area contributed by atoms with Crippen molar-refractivity contribution in [2.45, 2.75) is 105 Å². The van der Waals surface area contributed by atoms with E-state index in [1.54, 1.807) is 11.1 Å². The molecule has 4 atom stereocenters. The number of allylic oxidation sites excluding steroid dienone is 8. The highest BCUT2D eigenvalue weighted by atomic mass is 16.7. The highest BCUT2D eigenvalue weighted by molar-refractivity contribution is 5.12. The molecule has 0 aromatic rings. The first-order valence-electron chi connectivity index (χ1n) is 14.8. The summed E-state index contributed by atoms with van der Waals surface area (Å²) < 4.78 is 25.5. The van der Waals surface area contributed by atoms with Crippen LogP contribution in [0, 0.1) is 29.1 Å². The number of ether oxygens (including phenoxy) is 4. The molecule has 0 amide bonds. The van der Waals surface area contributed by atoms with Gasteiger partial charge in [0.15, 0.2) is 12.6 Å². The molecule has 208 valence electrons. The van der Waals surface area contributed by atoms with Gasteiger partial charge in [-0.15, -0.1) is 0 Å². The molecular formula is C33H52O4. The molecule has 2 aliphatic carbocycles. The number of rotatable bonds is 8. The van der Waals surface area contributed by atoms with Crippen molar-refractivity contribution in [3.8, 4) is 0 Å². The quantitative estimate of drug-likeness (QED) is 0.307. The molecule has 1 spiro atoms.